The molecule has 1 aliphatic rings. The Labute approximate surface area is 178 Å². The zero-order valence-electron chi connectivity index (χ0n) is 16.3. The molecule has 4 rings (SSSR count). The van der Waals surface area contributed by atoms with Crippen LogP contribution in [-0.4, -0.2) is 24.9 Å². The van der Waals surface area contributed by atoms with E-state index in [1.807, 2.05) is 29.6 Å². The lowest BCUT2D eigenvalue weighted by Crippen LogP contribution is -2.31. The maximum absolute atomic E-state index is 13.3. The number of nitrogens with zero attached hydrogens (tertiary/aromatic N) is 1. The normalized spacial score (nSPS) is 14.7. The molecular weight excluding hydrogens is 401 g/mol. The van der Waals surface area contributed by atoms with Crippen LogP contribution in [0.4, 0.5) is 15.8 Å². The number of nitrogens with one attached hydrogen (secondary N) is 2. The zero-order chi connectivity index (χ0) is 20.9. The Morgan fingerprint density at radius 3 is 2.50 bits per heavy atom. The van der Waals surface area contributed by atoms with E-state index in [0.717, 1.165) is 29.1 Å². The lowest BCUT2D eigenvalue weighted by molar-refractivity contribution is -0.117. The minimum atomic E-state index is -0.291. The van der Waals surface area contributed by atoms with Crippen molar-refractivity contribution in [3.63, 3.8) is 0 Å². The molecule has 3 aromatic rings. The van der Waals surface area contributed by atoms with E-state index < -0.39 is 0 Å². The van der Waals surface area contributed by atoms with E-state index in [2.05, 4.69) is 10.6 Å². The molecule has 2 heterocycles. The van der Waals surface area contributed by atoms with E-state index in [1.165, 1.54) is 12.1 Å². The van der Waals surface area contributed by atoms with E-state index in [9.17, 15) is 14.0 Å². The predicted octanol–water partition coefficient (Wildman–Crippen LogP) is 4.33. The van der Waals surface area contributed by atoms with Crippen molar-refractivity contribution in [2.24, 2.45) is 0 Å². The van der Waals surface area contributed by atoms with Crippen molar-refractivity contribution in [1.29, 1.82) is 0 Å². The number of carbonyl (C=O) groups excluding carboxylic acids is 2. The maximum Gasteiger partial charge on any atom is 0.238 e. The largest absolute Gasteiger partial charge is 0.325 e. The fourth-order valence-corrected chi connectivity index (χ4v) is 4.37. The monoisotopic (exact) mass is 423 g/mol. The smallest absolute Gasteiger partial charge is 0.238 e. The summed E-state index contributed by atoms with van der Waals surface area (Å²) in [7, 11) is 0. The topological polar surface area (TPSA) is 61.4 Å². The molecule has 1 unspecified atom stereocenters. The third kappa shape index (κ3) is 4.75. The molecule has 7 heteroatoms. The van der Waals surface area contributed by atoms with Gasteiger partial charge in [-0.1, -0.05) is 18.2 Å². The van der Waals surface area contributed by atoms with Gasteiger partial charge in [-0.25, -0.2) is 4.39 Å². The number of benzene rings is 2. The molecule has 30 heavy (non-hydrogen) atoms. The second-order valence-corrected chi connectivity index (χ2v) is 8.10. The lowest BCUT2D eigenvalue weighted by Gasteiger charge is -2.18. The van der Waals surface area contributed by atoms with Crippen LogP contribution in [0.1, 0.15) is 29.3 Å². The van der Waals surface area contributed by atoms with Crippen molar-refractivity contribution in [3.8, 4) is 0 Å². The molecule has 0 bridgehead atoms. The standard InChI is InChI=1S/C23H22FN3O2S/c24-17-7-5-16(6-8-17)23(20-3-2-14-30-20)25-15-21(28)26-18-9-11-19(12-10-18)27-13-1-4-22(27)29/h2-3,5-12,14,23,25H,1,4,13,15H2,(H,26,28). The number of anilines is 2. The Balaban J connectivity index is 1.38. The zero-order valence-corrected chi connectivity index (χ0v) is 17.1. The van der Waals surface area contributed by atoms with Gasteiger partial charge in [0.2, 0.25) is 11.8 Å². The molecule has 154 valence electrons. The van der Waals surface area contributed by atoms with Gasteiger partial charge < -0.3 is 10.2 Å². The second-order valence-electron chi connectivity index (χ2n) is 7.12. The highest BCUT2D eigenvalue weighted by Crippen LogP contribution is 2.26. The van der Waals surface area contributed by atoms with Gasteiger partial charge in [-0.3, -0.25) is 14.9 Å². The second kappa shape index (κ2) is 9.19. The van der Waals surface area contributed by atoms with Crippen LogP contribution in [-0.2, 0) is 9.59 Å². The van der Waals surface area contributed by atoms with Crippen LogP contribution in [0.15, 0.2) is 66.0 Å². The molecule has 2 aromatic carbocycles. The van der Waals surface area contributed by atoms with Gasteiger partial charge in [0.15, 0.2) is 0 Å². The Morgan fingerprint density at radius 2 is 1.87 bits per heavy atom. The van der Waals surface area contributed by atoms with Crippen molar-refractivity contribution in [3.05, 3.63) is 82.3 Å². The number of carbonyl (C=O) groups is 2. The summed E-state index contributed by atoms with van der Waals surface area (Å²) < 4.78 is 13.3. The molecule has 2 amide bonds. The summed E-state index contributed by atoms with van der Waals surface area (Å²) >= 11 is 1.58. The molecule has 1 aliphatic heterocycles. The fourth-order valence-electron chi connectivity index (χ4n) is 3.54. The molecule has 0 radical (unpaired) electrons. The summed E-state index contributed by atoms with van der Waals surface area (Å²) in [4.78, 5) is 27.1. The van der Waals surface area contributed by atoms with Gasteiger partial charge in [0.1, 0.15) is 5.82 Å². The van der Waals surface area contributed by atoms with Crippen LogP contribution in [0.3, 0.4) is 0 Å². The summed E-state index contributed by atoms with van der Waals surface area (Å²) in [6, 6.07) is 17.3. The number of hydrogen-bond donors (Lipinski definition) is 2. The van der Waals surface area contributed by atoms with E-state index in [4.69, 9.17) is 0 Å². The Kier molecular flexibility index (Phi) is 6.21. The first-order chi connectivity index (χ1) is 14.6. The van der Waals surface area contributed by atoms with Crippen molar-refractivity contribution in [2.45, 2.75) is 18.9 Å². The van der Waals surface area contributed by atoms with Crippen LogP contribution in [0, 0.1) is 5.82 Å². The van der Waals surface area contributed by atoms with Gasteiger partial charge in [-0.05, 0) is 59.8 Å². The predicted molar refractivity (Wildman–Crippen MR) is 117 cm³/mol. The minimum Gasteiger partial charge on any atom is -0.325 e. The van der Waals surface area contributed by atoms with Gasteiger partial charge in [0, 0.05) is 29.2 Å². The van der Waals surface area contributed by atoms with Crippen LogP contribution < -0.4 is 15.5 Å². The molecule has 1 atom stereocenters. The Bertz CT molecular complexity index is 1000. The van der Waals surface area contributed by atoms with Gasteiger partial charge in [0.25, 0.3) is 0 Å². The molecular formula is C23H22FN3O2S. The molecule has 0 aliphatic carbocycles. The van der Waals surface area contributed by atoms with E-state index in [-0.39, 0.29) is 30.2 Å². The van der Waals surface area contributed by atoms with Crippen LogP contribution >= 0.6 is 11.3 Å². The van der Waals surface area contributed by atoms with Gasteiger partial charge in [-0.15, -0.1) is 11.3 Å². The van der Waals surface area contributed by atoms with Crippen molar-refractivity contribution in [2.75, 3.05) is 23.3 Å². The lowest BCUT2D eigenvalue weighted by atomic mass is 10.1. The average Bonchev–Trinajstić information content (AvgIpc) is 3.42. The quantitative estimate of drug-likeness (QED) is 0.595. The van der Waals surface area contributed by atoms with Gasteiger partial charge in [-0.2, -0.15) is 0 Å². The van der Waals surface area contributed by atoms with Crippen molar-refractivity contribution < 1.29 is 14.0 Å². The van der Waals surface area contributed by atoms with Crippen LogP contribution in [0.25, 0.3) is 0 Å². The number of hydrogen-bond acceptors (Lipinski definition) is 4. The first kappa shape index (κ1) is 20.3. The highest BCUT2D eigenvalue weighted by atomic mass is 32.1. The highest BCUT2D eigenvalue weighted by Gasteiger charge is 2.21. The summed E-state index contributed by atoms with van der Waals surface area (Å²) in [6.45, 7) is 0.842. The maximum atomic E-state index is 13.3. The summed E-state index contributed by atoms with van der Waals surface area (Å²) in [5, 5.41) is 8.11. The SMILES string of the molecule is O=C(CNC(c1ccc(F)cc1)c1cccs1)Nc1ccc(N2CCCC2=O)cc1. The van der Waals surface area contributed by atoms with Gasteiger partial charge >= 0.3 is 0 Å². The summed E-state index contributed by atoms with van der Waals surface area (Å²) in [5.41, 5.74) is 2.42. The van der Waals surface area contributed by atoms with E-state index >= 15 is 0 Å². The number of amides is 2. The molecule has 0 saturated carbocycles. The van der Waals surface area contributed by atoms with Crippen LogP contribution in [0.5, 0.6) is 0 Å². The molecule has 1 aromatic heterocycles. The molecule has 1 fully saturated rings. The first-order valence-corrected chi connectivity index (χ1v) is 10.7. The van der Waals surface area contributed by atoms with Crippen molar-refractivity contribution in [1.82, 2.24) is 5.32 Å². The Morgan fingerprint density at radius 1 is 1.10 bits per heavy atom. The van der Waals surface area contributed by atoms with Crippen LogP contribution in [0.2, 0.25) is 0 Å². The third-order valence-corrected chi connectivity index (χ3v) is 5.97. The van der Waals surface area contributed by atoms with E-state index in [1.54, 1.807) is 40.5 Å². The first-order valence-electron chi connectivity index (χ1n) is 9.83. The molecule has 1 saturated heterocycles. The van der Waals surface area contributed by atoms with Crippen molar-refractivity contribution >= 4 is 34.5 Å². The van der Waals surface area contributed by atoms with E-state index in [0.29, 0.717) is 12.1 Å². The number of halogens is 1. The fraction of sp³-hybridized carbons (Fsp3) is 0.217. The Hall–Kier alpha value is -3.03. The molecule has 0 spiro atoms. The molecule has 2 N–H and O–H groups in total. The molecule has 5 nitrogen and oxygen atoms in total. The minimum absolute atomic E-state index is 0.103. The van der Waals surface area contributed by atoms with Gasteiger partial charge in [0.05, 0.1) is 12.6 Å². The number of thiophene rings is 1. The summed E-state index contributed by atoms with van der Waals surface area (Å²) in [6.07, 6.45) is 1.46. The average molecular weight is 424 g/mol. The third-order valence-electron chi connectivity index (χ3n) is 5.03. The summed E-state index contributed by atoms with van der Waals surface area (Å²) in [5.74, 6) is -0.333. The highest BCUT2D eigenvalue weighted by molar-refractivity contribution is 7.10. The number of rotatable bonds is 7.